The lowest BCUT2D eigenvalue weighted by molar-refractivity contribution is 0.568. The molecule has 2 rings (SSSR count). The molecule has 0 bridgehead atoms. The molecule has 3 nitrogen and oxygen atoms in total. The molecule has 0 amide bonds. The van der Waals surface area contributed by atoms with Crippen LogP contribution < -0.4 is 10.2 Å². The average Bonchev–Trinajstić information content (AvgIpc) is 3.22. The molecule has 1 aliphatic carbocycles. The van der Waals surface area contributed by atoms with Crippen molar-refractivity contribution < 1.29 is 0 Å². The van der Waals surface area contributed by atoms with E-state index < -0.39 is 0 Å². The van der Waals surface area contributed by atoms with Crippen LogP contribution in [-0.2, 0) is 6.54 Å². The molecule has 0 radical (unpaired) electrons. The van der Waals surface area contributed by atoms with E-state index >= 15 is 0 Å². The standard InChI is InChI=1S/C17H29N3/c1-5-18-11-15-10-14(4)17(19-12-15)20(16-6-7-16)9-8-13(2)3/h10,12-13,16,18H,5-9,11H2,1-4H3. The SMILES string of the molecule is CCNCc1cnc(N(CCC(C)C)C2CC2)c(C)c1. The number of pyridine rings is 1. The lowest BCUT2D eigenvalue weighted by atomic mass is 10.1. The maximum absolute atomic E-state index is 4.76. The molecule has 112 valence electrons. The van der Waals surface area contributed by atoms with Crippen molar-refractivity contribution in [2.45, 2.75) is 59.5 Å². The number of anilines is 1. The third kappa shape index (κ3) is 4.20. The fourth-order valence-corrected chi connectivity index (χ4v) is 2.54. The Balaban J connectivity index is 2.08. The molecule has 1 N–H and O–H groups in total. The first-order chi connectivity index (χ1) is 9.61. The van der Waals surface area contributed by atoms with Gasteiger partial charge in [0.2, 0.25) is 0 Å². The highest BCUT2D eigenvalue weighted by Crippen LogP contribution is 2.32. The highest BCUT2D eigenvalue weighted by Gasteiger charge is 2.30. The van der Waals surface area contributed by atoms with Crippen molar-refractivity contribution in [3.05, 3.63) is 23.4 Å². The molecule has 1 aromatic heterocycles. The van der Waals surface area contributed by atoms with Gasteiger partial charge >= 0.3 is 0 Å². The molecular weight excluding hydrogens is 246 g/mol. The summed E-state index contributed by atoms with van der Waals surface area (Å²) in [5.74, 6) is 1.96. The van der Waals surface area contributed by atoms with Crippen LogP contribution in [-0.4, -0.2) is 24.1 Å². The van der Waals surface area contributed by atoms with Gasteiger partial charge in [-0.25, -0.2) is 4.98 Å². The van der Waals surface area contributed by atoms with Crippen LogP contribution in [0.15, 0.2) is 12.3 Å². The van der Waals surface area contributed by atoms with Crippen LogP contribution in [0.4, 0.5) is 5.82 Å². The summed E-state index contributed by atoms with van der Waals surface area (Å²) >= 11 is 0. The Morgan fingerprint density at radius 1 is 1.40 bits per heavy atom. The van der Waals surface area contributed by atoms with Gasteiger partial charge in [0.05, 0.1) is 0 Å². The fourth-order valence-electron chi connectivity index (χ4n) is 2.54. The number of hydrogen-bond acceptors (Lipinski definition) is 3. The number of rotatable bonds is 8. The van der Waals surface area contributed by atoms with Crippen LogP contribution in [0.25, 0.3) is 0 Å². The first kappa shape index (κ1) is 15.3. The molecule has 3 heteroatoms. The molecule has 0 atom stereocenters. The van der Waals surface area contributed by atoms with Crippen molar-refractivity contribution >= 4 is 5.82 Å². The largest absolute Gasteiger partial charge is 0.353 e. The summed E-state index contributed by atoms with van der Waals surface area (Å²) in [6, 6.07) is 3.02. The summed E-state index contributed by atoms with van der Waals surface area (Å²) in [7, 11) is 0. The van der Waals surface area contributed by atoms with Crippen molar-refractivity contribution in [1.82, 2.24) is 10.3 Å². The molecule has 0 aromatic carbocycles. The fraction of sp³-hybridized carbons (Fsp3) is 0.706. The molecule has 0 spiro atoms. The number of aryl methyl sites for hydroxylation is 1. The van der Waals surface area contributed by atoms with Gasteiger partial charge < -0.3 is 10.2 Å². The van der Waals surface area contributed by atoms with Crippen molar-refractivity contribution in [2.75, 3.05) is 18.0 Å². The zero-order chi connectivity index (χ0) is 14.5. The second-order valence-corrected chi connectivity index (χ2v) is 6.37. The van der Waals surface area contributed by atoms with Gasteiger partial charge in [0.15, 0.2) is 0 Å². The molecule has 1 saturated carbocycles. The van der Waals surface area contributed by atoms with Crippen LogP contribution >= 0.6 is 0 Å². The van der Waals surface area contributed by atoms with Crippen LogP contribution in [0, 0.1) is 12.8 Å². The van der Waals surface area contributed by atoms with Crippen LogP contribution in [0.2, 0.25) is 0 Å². The van der Waals surface area contributed by atoms with E-state index in [4.69, 9.17) is 4.98 Å². The molecule has 1 heterocycles. The lowest BCUT2D eigenvalue weighted by Gasteiger charge is -2.26. The van der Waals surface area contributed by atoms with E-state index in [0.29, 0.717) is 0 Å². The lowest BCUT2D eigenvalue weighted by Crippen LogP contribution is -2.29. The minimum absolute atomic E-state index is 0.736. The smallest absolute Gasteiger partial charge is 0.131 e. The van der Waals surface area contributed by atoms with Gasteiger partial charge in [-0.3, -0.25) is 0 Å². The molecule has 0 unspecified atom stereocenters. The Kier molecular flexibility index (Phi) is 5.41. The van der Waals surface area contributed by atoms with Gasteiger partial charge in [0.25, 0.3) is 0 Å². The van der Waals surface area contributed by atoms with E-state index in [1.165, 1.54) is 36.2 Å². The average molecular weight is 275 g/mol. The van der Waals surface area contributed by atoms with E-state index in [2.05, 4.69) is 44.0 Å². The molecule has 0 saturated heterocycles. The zero-order valence-corrected chi connectivity index (χ0v) is 13.4. The summed E-state index contributed by atoms with van der Waals surface area (Å²) in [5.41, 5.74) is 2.60. The minimum atomic E-state index is 0.736. The zero-order valence-electron chi connectivity index (χ0n) is 13.4. The van der Waals surface area contributed by atoms with Crippen LogP contribution in [0.5, 0.6) is 0 Å². The first-order valence-corrected chi connectivity index (χ1v) is 8.04. The molecule has 1 fully saturated rings. The van der Waals surface area contributed by atoms with Crippen molar-refractivity contribution in [3.8, 4) is 0 Å². The Labute approximate surface area is 123 Å². The summed E-state index contributed by atoms with van der Waals surface area (Å²) in [5, 5.41) is 3.36. The van der Waals surface area contributed by atoms with E-state index in [9.17, 15) is 0 Å². The third-order valence-corrected chi connectivity index (χ3v) is 3.89. The second kappa shape index (κ2) is 7.07. The Hall–Kier alpha value is -1.09. The summed E-state index contributed by atoms with van der Waals surface area (Å²) in [4.78, 5) is 7.29. The van der Waals surface area contributed by atoms with Gasteiger partial charge in [0.1, 0.15) is 5.82 Å². The number of nitrogens with one attached hydrogen (secondary N) is 1. The molecule has 1 aromatic rings. The van der Waals surface area contributed by atoms with E-state index in [1.54, 1.807) is 0 Å². The predicted molar refractivity (Wildman–Crippen MR) is 86.2 cm³/mol. The molecular formula is C17H29N3. The third-order valence-electron chi connectivity index (χ3n) is 3.89. The molecule has 1 aliphatic rings. The summed E-state index contributed by atoms with van der Waals surface area (Å²) in [6.45, 7) is 12.0. The monoisotopic (exact) mass is 275 g/mol. The normalized spacial score (nSPS) is 14.8. The minimum Gasteiger partial charge on any atom is -0.353 e. The summed E-state index contributed by atoms with van der Waals surface area (Å²) in [6.07, 6.45) is 5.95. The Morgan fingerprint density at radius 3 is 2.70 bits per heavy atom. The highest BCUT2D eigenvalue weighted by molar-refractivity contribution is 5.49. The van der Waals surface area contributed by atoms with E-state index in [-0.39, 0.29) is 0 Å². The number of aromatic nitrogens is 1. The topological polar surface area (TPSA) is 28.2 Å². The number of hydrogen-bond donors (Lipinski definition) is 1. The van der Waals surface area contributed by atoms with Gasteiger partial charge in [-0.15, -0.1) is 0 Å². The first-order valence-electron chi connectivity index (χ1n) is 8.04. The molecule has 0 aliphatic heterocycles. The second-order valence-electron chi connectivity index (χ2n) is 6.37. The van der Waals surface area contributed by atoms with Gasteiger partial charge in [-0.2, -0.15) is 0 Å². The molecule has 20 heavy (non-hydrogen) atoms. The van der Waals surface area contributed by atoms with Crippen molar-refractivity contribution in [2.24, 2.45) is 5.92 Å². The van der Waals surface area contributed by atoms with Crippen LogP contribution in [0.1, 0.15) is 51.2 Å². The highest BCUT2D eigenvalue weighted by atomic mass is 15.2. The van der Waals surface area contributed by atoms with Crippen molar-refractivity contribution in [3.63, 3.8) is 0 Å². The summed E-state index contributed by atoms with van der Waals surface area (Å²) < 4.78 is 0. The van der Waals surface area contributed by atoms with E-state index in [1.807, 2.05) is 6.20 Å². The van der Waals surface area contributed by atoms with Gasteiger partial charge in [-0.05, 0) is 55.8 Å². The maximum Gasteiger partial charge on any atom is 0.131 e. The van der Waals surface area contributed by atoms with Crippen molar-refractivity contribution in [1.29, 1.82) is 0 Å². The number of nitrogens with zero attached hydrogens (tertiary/aromatic N) is 2. The predicted octanol–water partition coefficient (Wildman–Crippen LogP) is 3.51. The van der Waals surface area contributed by atoms with Gasteiger partial charge in [-0.1, -0.05) is 20.8 Å². The quantitative estimate of drug-likeness (QED) is 0.787. The van der Waals surface area contributed by atoms with Gasteiger partial charge in [0, 0.05) is 25.3 Å². The maximum atomic E-state index is 4.76. The van der Waals surface area contributed by atoms with E-state index in [0.717, 1.165) is 31.6 Å². The van der Waals surface area contributed by atoms with Crippen LogP contribution in [0.3, 0.4) is 0 Å². The Morgan fingerprint density at radius 2 is 2.15 bits per heavy atom. The Bertz CT molecular complexity index is 424.